The first-order valence-corrected chi connectivity index (χ1v) is 45.2. The van der Waals surface area contributed by atoms with Crippen molar-refractivity contribution in [1.82, 2.24) is 0 Å². The molecule has 0 bridgehead atoms. The molecule has 0 fully saturated rings. The molecule has 0 rings (SSSR count). The maximum atomic E-state index is 13.1. The molecular formula is C82H160O17P2. The lowest BCUT2D eigenvalue weighted by atomic mass is 9.99. The van der Waals surface area contributed by atoms with Gasteiger partial charge in [-0.25, -0.2) is 9.13 Å². The van der Waals surface area contributed by atoms with Gasteiger partial charge < -0.3 is 33.8 Å². The van der Waals surface area contributed by atoms with E-state index in [1.807, 2.05) is 0 Å². The van der Waals surface area contributed by atoms with Crippen LogP contribution in [0.1, 0.15) is 421 Å². The minimum absolute atomic E-state index is 0.106. The number of hydrogen-bond acceptors (Lipinski definition) is 15. The molecule has 17 nitrogen and oxygen atoms in total. The third-order valence-corrected chi connectivity index (χ3v) is 21.3. The van der Waals surface area contributed by atoms with Gasteiger partial charge in [-0.3, -0.25) is 37.3 Å². The Morgan fingerprint density at radius 3 is 0.703 bits per heavy atom. The molecule has 3 unspecified atom stereocenters. The van der Waals surface area contributed by atoms with Crippen LogP contribution in [-0.4, -0.2) is 96.7 Å². The Labute approximate surface area is 619 Å². The fourth-order valence-electron chi connectivity index (χ4n) is 12.6. The van der Waals surface area contributed by atoms with Crippen LogP contribution in [0.25, 0.3) is 0 Å². The molecule has 0 aliphatic rings. The average Bonchev–Trinajstić information content (AvgIpc) is 1.07. The molecule has 600 valence electrons. The van der Waals surface area contributed by atoms with Gasteiger partial charge in [-0.1, -0.05) is 370 Å². The minimum Gasteiger partial charge on any atom is -0.462 e. The summed E-state index contributed by atoms with van der Waals surface area (Å²) < 4.78 is 68.7. The normalized spacial score (nSPS) is 14.3. The van der Waals surface area contributed by atoms with E-state index in [-0.39, 0.29) is 25.7 Å². The van der Waals surface area contributed by atoms with Crippen molar-refractivity contribution >= 4 is 39.5 Å². The lowest BCUT2D eigenvalue weighted by Gasteiger charge is -2.21. The van der Waals surface area contributed by atoms with E-state index in [0.717, 1.165) is 114 Å². The first-order valence-electron chi connectivity index (χ1n) is 42.2. The average molecular weight is 1480 g/mol. The molecule has 0 saturated carbocycles. The predicted octanol–water partition coefficient (Wildman–Crippen LogP) is 24.4. The van der Waals surface area contributed by atoms with Gasteiger partial charge >= 0.3 is 39.5 Å². The van der Waals surface area contributed by atoms with Crippen LogP contribution in [0.15, 0.2) is 0 Å². The molecule has 6 atom stereocenters. The van der Waals surface area contributed by atoms with Crippen molar-refractivity contribution < 1.29 is 80.2 Å². The number of ether oxygens (including phenoxy) is 4. The summed E-state index contributed by atoms with van der Waals surface area (Å²) in [5.74, 6) is 0.989. The second-order valence-electron chi connectivity index (χ2n) is 31.2. The van der Waals surface area contributed by atoms with Gasteiger partial charge in [0.05, 0.1) is 26.4 Å². The van der Waals surface area contributed by atoms with Gasteiger partial charge in [0.1, 0.15) is 19.3 Å². The molecule has 0 radical (unpaired) electrons. The third-order valence-electron chi connectivity index (χ3n) is 19.4. The van der Waals surface area contributed by atoms with E-state index in [4.69, 9.17) is 37.0 Å². The summed E-state index contributed by atoms with van der Waals surface area (Å²) in [7, 11) is -9.92. The summed E-state index contributed by atoms with van der Waals surface area (Å²) in [6.45, 7) is 14.3. The van der Waals surface area contributed by atoms with Crippen LogP contribution in [0.2, 0.25) is 0 Å². The van der Waals surface area contributed by atoms with Gasteiger partial charge in [0.15, 0.2) is 12.2 Å². The molecular weight excluding hydrogens is 1320 g/mol. The van der Waals surface area contributed by atoms with Crippen LogP contribution in [0, 0.1) is 23.7 Å². The highest BCUT2D eigenvalue weighted by molar-refractivity contribution is 7.47. The topological polar surface area (TPSA) is 237 Å². The summed E-state index contributed by atoms with van der Waals surface area (Å²) in [6, 6.07) is 0. The zero-order chi connectivity index (χ0) is 74.6. The number of aliphatic hydroxyl groups is 1. The van der Waals surface area contributed by atoms with Gasteiger partial charge in [0, 0.05) is 25.7 Å². The molecule has 0 aliphatic carbocycles. The smallest absolute Gasteiger partial charge is 0.462 e. The van der Waals surface area contributed by atoms with Gasteiger partial charge in [0.2, 0.25) is 0 Å². The standard InChI is InChI=1S/C82H160O17P2/c1-9-75(8)61-53-45-36-30-26-27-31-37-46-54-62-79(84)92-68-77(98-81(86)64-56-48-38-32-24-20-15-13-11-10-12-14-18-22-28-34-42-50-58-72(2)3)70-96-100(88,89)94-66-76(83)67-95-101(90,91)97-71-78(69-93-80(85)63-55-47-41-40-44-52-60-74(6)7)99-82(87)65-57-49-39-33-25-21-17-16-19-23-29-35-43-51-59-73(4)5/h72-78,83H,9-71H2,1-8H3,(H,88,89)(H,90,91)/t75?,76-,77-,78-/m1/s1. The largest absolute Gasteiger partial charge is 0.472 e. The minimum atomic E-state index is -4.96. The lowest BCUT2D eigenvalue weighted by Crippen LogP contribution is -2.30. The molecule has 0 aliphatic heterocycles. The molecule has 0 aromatic rings. The summed E-state index contributed by atoms with van der Waals surface area (Å²) in [6.07, 6.45) is 58.4. The van der Waals surface area contributed by atoms with E-state index >= 15 is 0 Å². The molecule has 0 aromatic heterocycles. The first-order chi connectivity index (χ1) is 48.6. The van der Waals surface area contributed by atoms with Crippen molar-refractivity contribution in [2.24, 2.45) is 23.7 Å². The molecule has 19 heteroatoms. The zero-order valence-corrected chi connectivity index (χ0v) is 68.3. The highest BCUT2D eigenvalue weighted by Gasteiger charge is 2.30. The first kappa shape index (κ1) is 99.1. The molecule has 0 amide bonds. The SMILES string of the molecule is CCC(C)CCCCCCCCCCCCC(=O)OC[C@H](COP(=O)(O)OC[C@@H](O)COP(=O)(O)OC[C@@H](COC(=O)CCCCCCCCC(C)C)OC(=O)CCCCCCCCCCCCCCCCC(C)C)OC(=O)CCCCCCCCCCCCCCCCCCCCC(C)C. The van der Waals surface area contributed by atoms with E-state index < -0.39 is 97.5 Å². The van der Waals surface area contributed by atoms with Crippen molar-refractivity contribution in [2.45, 2.75) is 440 Å². The van der Waals surface area contributed by atoms with E-state index in [1.54, 1.807) is 0 Å². The monoisotopic (exact) mass is 1480 g/mol. The summed E-state index contributed by atoms with van der Waals surface area (Å²) >= 11 is 0. The van der Waals surface area contributed by atoms with Crippen LogP contribution in [0.5, 0.6) is 0 Å². The Morgan fingerprint density at radius 1 is 0.277 bits per heavy atom. The van der Waals surface area contributed by atoms with Gasteiger partial charge in [-0.05, 0) is 49.4 Å². The Balaban J connectivity index is 5.21. The highest BCUT2D eigenvalue weighted by atomic mass is 31.2. The summed E-state index contributed by atoms with van der Waals surface area (Å²) in [5.41, 5.74) is 0. The second kappa shape index (κ2) is 71.0. The van der Waals surface area contributed by atoms with Crippen LogP contribution in [0.3, 0.4) is 0 Å². The van der Waals surface area contributed by atoms with Crippen molar-refractivity contribution in [1.29, 1.82) is 0 Å². The molecule has 0 heterocycles. The Morgan fingerprint density at radius 2 is 0.475 bits per heavy atom. The van der Waals surface area contributed by atoms with Gasteiger partial charge in [-0.15, -0.1) is 0 Å². The molecule has 0 saturated heterocycles. The molecule has 101 heavy (non-hydrogen) atoms. The number of carbonyl (C=O) groups is 4. The number of phosphoric ester groups is 2. The van der Waals surface area contributed by atoms with E-state index in [1.165, 1.54) is 218 Å². The van der Waals surface area contributed by atoms with E-state index in [2.05, 4.69) is 55.4 Å². The number of esters is 4. The van der Waals surface area contributed by atoms with Crippen LogP contribution >= 0.6 is 15.6 Å². The maximum absolute atomic E-state index is 13.1. The number of carbonyl (C=O) groups excluding carboxylic acids is 4. The van der Waals surface area contributed by atoms with Gasteiger partial charge in [0.25, 0.3) is 0 Å². The number of phosphoric acid groups is 2. The van der Waals surface area contributed by atoms with Crippen LogP contribution in [-0.2, 0) is 65.4 Å². The summed E-state index contributed by atoms with van der Waals surface area (Å²) in [4.78, 5) is 73.0. The second-order valence-corrected chi connectivity index (χ2v) is 34.1. The zero-order valence-electron chi connectivity index (χ0n) is 66.5. The van der Waals surface area contributed by atoms with E-state index in [0.29, 0.717) is 31.6 Å². The quantitative estimate of drug-likeness (QED) is 0.0222. The van der Waals surface area contributed by atoms with Crippen molar-refractivity contribution in [3.8, 4) is 0 Å². The summed E-state index contributed by atoms with van der Waals surface area (Å²) in [5, 5.41) is 10.6. The fourth-order valence-corrected chi connectivity index (χ4v) is 14.2. The molecule has 0 aromatic carbocycles. The number of aliphatic hydroxyl groups excluding tert-OH is 1. The van der Waals surface area contributed by atoms with Crippen LogP contribution < -0.4 is 0 Å². The third kappa shape index (κ3) is 74.7. The van der Waals surface area contributed by atoms with Crippen molar-refractivity contribution in [2.75, 3.05) is 39.6 Å². The Kier molecular flexibility index (Phi) is 69.6. The molecule has 0 spiro atoms. The highest BCUT2D eigenvalue weighted by Crippen LogP contribution is 2.45. The Bertz CT molecular complexity index is 1970. The lowest BCUT2D eigenvalue weighted by molar-refractivity contribution is -0.161. The van der Waals surface area contributed by atoms with Crippen molar-refractivity contribution in [3.63, 3.8) is 0 Å². The van der Waals surface area contributed by atoms with E-state index in [9.17, 15) is 43.2 Å². The van der Waals surface area contributed by atoms with Crippen molar-refractivity contribution in [3.05, 3.63) is 0 Å². The van der Waals surface area contributed by atoms with Gasteiger partial charge in [-0.2, -0.15) is 0 Å². The Hall–Kier alpha value is -1.94. The predicted molar refractivity (Wildman–Crippen MR) is 414 cm³/mol. The number of unbranched alkanes of at least 4 members (excludes halogenated alkanes) is 44. The number of rotatable bonds is 79. The molecule has 3 N–H and O–H groups in total. The maximum Gasteiger partial charge on any atom is 0.472 e. The number of hydrogen-bond donors (Lipinski definition) is 3. The fraction of sp³-hybridized carbons (Fsp3) is 0.951. The van der Waals surface area contributed by atoms with Crippen LogP contribution in [0.4, 0.5) is 0 Å².